The van der Waals surface area contributed by atoms with Crippen molar-refractivity contribution in [2.45, 2.75) is 216 Å². The van der Waals surface area contributed by atoms with Crippen LogP contribution in [-0.2, 0) is 38.0 Å². The van der Waals surface area contributed by atoms with Crippen LogP contribution in [0.4, 0.5) is 0 Å². The van der Waals surface area contributed by atoms with Crippen molar-refractivity contribution < 1.29 is 73.8 Å². The zero-order valence-electron chi connectivity index (χ0n) is 40.4. The van der Waals surface area contributed by atoms with E-state index in [1.54, 1.807) is 0 Å². The zero-order chi connectivity index (χ0) is 48.9. The lowest BCUT2D eigenvalue weighted by molar-refractivity contribution is -0.332. The van der Waals surface area contributed by atoms with E-state index >= 15 is 0 Å². The average Bonchev–Trinajstić information content (AvgIpc) is 3.32. The molecule has 0 aromatic carbocycles. The van der Waals surface area contributed by atoms with Gasteiger partial charge < -0.3 is 64.2 Å². The summed E-state index contributed by atoms with van der Waals surface area (Å²) in [6, 6.07) is 0. The minimum atomic E-state index is -1.78. The number of aliphatic hydroxyl groups is 7. The monoisotopic (exact) mass is 951 g/mol. The maximum atomic E-state index is 13.0. The van der Waals surface area contributed by atoms with Gasteiger partial charge in [-0.05, 0) is 83.5 Å². The van der Waals surface area contributed by atoms with Gasteiger partial charge in [-0.3, -0.25) is 9.59 Å². The number of allylic oxidation sites excluding steroid dienone is 12. The molecule has 2 saturated heterocycles. The highest BCUT2D eigenvalue weighted by Crippen LogP contribution is 2.26. The molecule has 4 unspecified atom stereocenters. The summed E-state index contributed by atoms with van der Waals surface area (Å²) >= 11 is 0. The topological polar surface area (TPSA) is 231 Å². The maximum absolute atomic E-state index is 13.0. The van der Waals surface area contributed by atoms with E-state index in [2.05, 4.69) is 86.8 Å². The van der Waals surface area contributed by atoms with Gasteiger partial charge in [-0.1, -0.05) is 125 Å². The van der Waals surface area contributed by atoms with Gasteiger partial charge in [0.1, 0.15) is 55.4 Å². The largest absolute Gasteiger partial charge is 0.462 e. The van der Waals surface area contributed by atoms with Gasteiger partial charge in [0.25, 0.3) is 0 Å². The van der Waals surface area contributed by atoms with E-state index in [4.69, 9.17) is 28.4 Å². The number of ether oxygens (including phenoxy) is 6. The van der Waals surface area contributed by atoms with Crippen LogP contribution >= 0.6 is 0 Å². The van der Waals surface area contributed by atoms with Gasteiger partial charge in [0, 0.05) is 12.8 Å². The Morgan fingerprint density at radius 3 is 1.51 bits per heavy atom. The summed E-state index contributed by atoms with van der Waals surface area (Å²) in [6.45, 7) is 2.38. The first-order valence-corrected chi connectivity index (χ1v) is 25.0. The predicted molar refractivity (Wildman–Crippen MR) is 256 cm³/mol. The second-order valence-electron chi connectivity index (χ2n) is 17.3. The molecule has 0 spiro atoms. The van der Waals surface area contributed by atoms with Crippen molar-refractivity contribution in [3.8, 4) is 0 Å². The summed E-state index contributed by atoms with van der Waals surface area (Å²) in [4.78, 5) is 25.7. The Labute approximate surface area is 400 Å². The summed E-state index contributed by atoms with van der Waals surface area (Å²) in [5.41, 5.74) is 0. The van der Waals surface area contributed by atoms with Crippen molar-refractivity contribution in [1.82, 2.24) is 0 Å². The SMILES string of the molecule is CC/C=C/C/C=C/C/C=C/C/C=C/C/C=C/CCCCCC(=O)O[C@H](COC(=O)CCCCCCC/C=C/CCCCC)CO[C@H]1O[C@@H](CO[C@H]2O[C@@H](CO)[C@@H](O)C(O)C2O)[C@@H](O)C(O)C1O. The van der Waals surface area contributed by atoms with Crippen LogP contribution in [0.2, 0.25) is 0 Å². The number of carbonyl (C=O) groups is 2. The van der Waals surface area contributed by atoms with Crippen molar-refractivity contribution in [2.24, 2.45) is 0 Å². The lowest BCUT2D eigenvalue weighted by Gasteiger charge is -2.42. The van der Waals surface area contributed by atoms with Gasteiger partial charge in [-0.15, -0.1) is 0 Å². The van der Waals surface area contributed by atoms with Gasteiger partial charge in [0.2, 0.25) is 0 Å². The summed E-state index contributed by atoms with van der Waals surface area (Å²) in [7, 11) is 0. The van der Waals surface area contributed by atoms with Crippen LogP contribution in [-0.4, -0.2) is 142 Å². The molecule has 0 amide bonds. The summed E-state index contributed by atoms with van der Waals surface area (Å²) in [6.07, 6.45) is 27.9. The van der Waals surface area contributed by atoms with Crippen LogP contribution in [0.1, 0.15) is 149 Å². The molecule has 2 heterocycles. The Morgan fingerprint density at radius 2 is 0.940 bits per heavy atom. The first-order chi connectivity index (χ1) is 32.5. The Hall–Kier alpha value is -3.06. The number of unbranched alkanes of at least 4 members (excludes halogenated alkanes) is 11. The minimum Gasteiger partial charge on any atom is -0.462 e. The first kappa shape index (κ1) is 60.1. The third-order valence-electron chi connectivity index (χ3n) is 11.4. The Kier molecular flexibility index (Phi) is 34.7. The van der Waals surface area contributed by atoms with Crippen molar-refractivity contribution in [1.29, 1.82) is 0 Å². The maximum Gasteiger partial charge on any atom is 0.306 e. The lowest BCUT2D eigenvalue weighted by atomic mass is 9.98. The molecule has 0 aliphatic carbocycles. The number of rotatable bonds is 37. The molecule has 0 aromatic heterocycles. The lowest BCUT2D eigenvalue weighted by Crippen LogP contribution is -2.61. The van der Waals surface area contributed by atoms with Crippen molar-refractivity contribution in [3.05, 3.63) is 72.9 Å². The van der Waals surface area contributed by atoms with Crippen LogP contribution in [0.15, 0.2) is 72.9 Å². The minimum absolute atomic E-state index is 0.121. The van der Waals surface area contributed by atoms with Gasteiger partial charge in [0.05, 0.1) is 19.8 Å². The number of carbonyl (C=O) groups excluding carboxylic acids is 2. The number of esters is 2. The van der Waals surface area contributed by atoms with Crippen LogP contribution in [0.5, 0.6) is 0 Å². The Bertz CT molecular complexity index is 1440. The average molecular weight is 951 g/mol. The molecule has 67 heavy (non-hydrogen) atoms. The summed E-state index contributed by atoms with van der Waals surface area (Å²) < 4.78 is 33.5. The molecule has 11 atom stereocenters. The molecule has 15 nitrogen and oxygen atoms in total. The zero-order valence-corrected chi connectivity index (χ0v) is 40.4. The fraction of sp³-hybridized carbons (Fsp3) is 0.731. The first-order valence-electron chi connectivity index (χ1n) is 25.0. The van der Waals surface area contributed by atoms with E-state index in [1.807, 2.05) is 0 Å². The molecular formula is C52H86O15. The van der Waals surface area contributed by atoms with E-state index in [0.717, 1.165) is 89.9 Å². The van der Waals surface area contributed by atoms with Gasteiger partial charge in [-0.2, -0.15) is 0 Å². The van der Waals surface area contributed by atoms with Gasteiger partial charge in [-0.25, -0.2) is 0 Å². The predicted octanol–water partition coefficient (Wildman–Crippen LogP) is 6.65. The quantitative estimate of drug-likeness (QED) is 0.0196. The molecule has 0 radical (unpaired) electrons. The molecule has 2 aliphatic heterocycles. The second kappa shape index (κ2) is 38.8. The smallest absolute Gasteiger partial charge is 0.306 e. The van der Waals surface area contributed by atoms with E-state index in [0.29, 0.717) is 12.8 Å². The van der Waals surface area contributed by atoms with Gasteiger partial charge in [0.15, 0.2) is 18.7 Å². The fourth-order valence-electron chi connectivity index (χ4n) is 7.29. The molecule has 7 N–H and O–H groups in total. The van der Waals surface area contributed by atoms with Crippen LogP contribution in [0.25, 0.3) is 0 Å². The van der Waals surface area contributed by atoms with Crippen molar-refractivity contribution >= 4 is 11.9 Å². The third kappa shape index (κ3) is 27.1. The highest BCUT2D eigenvalue weighted by Gasteiger charge is 2.47. The van der Waals surface area contributed by atoms with Crippen molar-refractivity contribution in [2.75, 3.05) is 26.4 Å². The molecule has 2 aliphatic rings. The third-order valence-corrected chi connectivity index (χ3v) is 11.4. The standard InChI is InChI=1S/C52H86O15/c1-3-5-7-9-11-13-15-17-18-19-20-21-22-23-25-27-29-31-33-35-44(55)65-40(37-62-43(54)34-32-30-28-26-24-16-14-12-10-8-6-4-2)38-63-51-50(61)48(59)46(57)42(67-51)39-64-52-49(60)47(58)45(56)41(36-53)66-52/h5,7,11-14,17-18,20-21,23,25,40-42,45-53,56-61H,3-4,6,8-10,15-16,19,22,24,26-39H2,1-2H3/b7-5+,13-11+,14-12+,18-17+,21-20+,25-23+/t40-,41+,42+,45-,46-,47?,48?,49?,50?,51+,52+/m1/s1. The van der Waals surface area contributed by atoms with E-state index in [-0.39, 0.29) is 19.4 Å². The highest BCUT2D eigenvalue weighted by molar-refractivity contribution is 5.70. The Balaban J connectivity index is 1.84. The Morgan fingerprint density at radius 1 is 0.493 bits per heavy atom. The van der Waals surface area contributed by atoms with Gasteiger partial charge >= 0.3 is 11.9 Å². The number of hydrogen-bond donors (Lipinski definition) is 7. The van der Waals surface area contributed by atoms with E-state index < -0.39 is 99.3 Å². The molecular weight excluding hydrogens is 865 g/mol. The molecule has 0 bridgehead atoms. The number of aliphatic hydroxyl groups excluding tert-OH is 7. The summed E-state index contributed by atoms with van der Waals surface area (Å²) in [5, 5.41) is 72.0. The second-order valence-corrected chi connectivity index (χ2v) is 17.3. The molecule has 0 saturated carbocycles. The van der Waals surface area contributed by atoms with Crippen LogP contribution in [0, 0.1) is 0 Å². The van der Waals surface area contributed by atoms with E-state index in [1.165, 1.54) is 19.3 Å². The van der Waals surface area contributed by atoms with Crippen LogP contribution in [0.3, 0.4) is 0 Å². The summed E-state index contributed by atoms with van der Waals surface area (Å²) in [5.74, 6) is -0.981. The molecule has 384 valence electrons. The molecule has 15 heteroatoms. The normalized spacial score (nSPS) is 26.6. The molecule has 2 rings (SSSR count). The highest BCUT2D eigenvalue weighted by atomic mass is 16.7. The number of hydrogen-bond acceptors (Lipinski definition) is 15. The van der Waals surface area contributed by atoms with Crippen molar-refractivity contribution in [3.63, 3.8) is 0 Å². The molecule has 2 fully saturated rings. The molecule has 0 aromatic rings. The fourth-order valence-corrected chi connectivity index (χ4v) is 7.29. The van der Waals surface area contributed by atoms with Crippen LogP contribution < -0.4 is 0 Å². The van der Waals surface area contributed by atoms with E-state index in [9.17, 15) is 45.3 Å².